The number of nitrogens with zero attached hydrogens (tertiary/aromatic N) is 1. The minimum absolute atomic E-state index is 0.251. The first kappa shape index (κ1) is 39.0. The molecule has 0 radical (unpaired) electrons. The van der Waals surface area contributed by atoms with Crippen molar-refractivity contribution in [2.45, 2.75) is 0 Å². The van der Waals surface area contributed by atoms with E-state index in [-0.39, 0.29) is 5.82 Å². The molecule has 0 fully saturated rings. The fourth-order valence-electron chi connectivity index (χ4n) is 9.92. The van der Waals surface area contributed by atoms with E-state index in [4.69, 9.17) is 0 Å². The minimum Gasteiger partial charge on any atom is -0.311 e. The van der Waals surface area contributed by atoms with Crippen LogP contribution in [-0.2, 0) is 0 Å². The molecule has 0 spiro atoms. The highest BCUT2D eigenvalue weighted by atomic mass is 19.1. The largest absolute Gasteiger partial charge is 0.311 e. The van der Waals surface area contributed by atoms with E-state index in [2.05, 4.69) is 217 Å². The summed E-state index contributed by atoms with van der Waals surface area (Å²) in [4.78, 5) is 2.14. The van der Waals surface area contributed by atoms with Crippen LogP contribution in [0.5, 0.6) is 0 Å². The first-order valence-electron chi connectivity index (χ1n) is 22.5. The van der Waals surface area contributed by atoms with Gasteiger partial charge in [0.2, 0.25) is 0 Å². The van der Waals surface area contributed by atoms with Gasteiger partial charge in [-0.1, -0.05) is 188 Å². The molecule has 1 nitrogen and oxygen atoms in total. The van der Waals surface area contributed by atoms with Crippen LogP contribution in [0.1, 0.15) is 11.1 Å². The highest BCUT2D eigenvalue weighted by molar-refractivity contribution is 6.24. The SMILES string of the molecule is Fc1ccc(N(c2ccccc2)c2ccc(/C=C/c3ccc4cc(-c5c6ccccc6c(-c6ccc(-c7ccc8ccccc8c7)c7ccccc67)c6ccccc56)ccc4c3)cc2)cc1. The van der Waals surface area contributed by atoms with Gasteiger partial charge in [0.15, 0.2) is 0 Å². The molecule has 0 atom stereocenters. The Morgan fingerprint density at radius 1 is 0.288 bits per heavy atom. The van der Waals surface area contributed by atoms with Crippen molar-refractivity contribution in [2.75, 3.05) is 4.90 Å². The van der Waals surface area contributed by atoms with Crippen molar-refractivity contribution in [1.29, 1.82) is 0 Å². The number of fused-ring (bicyclic) bond motifs is 5. The lowest BCUT2D eigenvalue weighted by Crippen LogP contribution is -2.09. The van der Waals surface area contributed by atoms with Crippen LogP contribution in [0.2, 0.25) is 0 Å². The van der Waals surface area contributed by atoms with E-state index >= 15 is 0 Å². The van der Waals surface area contributed by atoms with Gasteiger partial charge in [-0.15, -0.1) is 0 Å². The lowest BCUT2D eigenvalue weighted by atomic mass is 9.83. The first-order valence-corrected chi connectivity index (χ1v) is 22.5. The number of rotatable bonds is 8. The number of para-hydroxylation sites is 1. The van der Waals surface area contributed by atoms with Gasteiger partial charge in [-0.05, 0) is 165 Å². The molecule has 0 saturated carbocycles. The Bertz CT molecular complexity index is 3760. The van der Waals surface area contributed by atoms with Crippen LogP contribution >= 0.6 is 0 Å². The molecule has 12 aromatic rings. The second kappa shape index (κ2) is 16.5. The van der Waals surface area contributed by atoms with Crippen LogP contribution in [0.25, 0.3) is 99.4 Å². The van der Waals surface area contributed by atoms with Crippen LogP contribution in [0.4, 0.5) is 21.5 Å². The third-order valence-electron chi connectivity index (χ3n) is 13.1. The zero-order chi connectivity index (χ0) is 44.0. The fourth-order valence-corrected chi connectivity index (χ4v) is 9.92. The van der Waals surface area contributed by atoms with Crippen molar-refractivity contribution < 1.29 is 4.39 Å². The van der Waals surface area contributed by atoms with Gasteiger partial charge in [0.1, 0.15) is 5.82 Å². The first-order chi connectivity index (χ1) is 32.6. The van der Waals surface area contributed by atoms with Gasteiger partial charge < -0.3 is 4.90 Å². The standard InChI is InChI=1S/C64H42FN/c65-51-32-36-54(37-33-51)66(52-14-2-1-3-15-52)53-34-25-43(26-35-53)22-23-44-24-27-48-42-50(31-29-47(48)40-44)63-58-18-8-10-20-60(58)64(61-21-11-9-19-59(61)63)62-39-38-55(56-16-6-7-17-57(56)62)49-30-28-45-12-4-5-13-46(45)41-49/h1-42H/b23-22+. The van der Waals surface area contributed by atoms with Gasteiger partial charge in [0, 0.05) is 17.1 Å². The van der Waals surface area contributed by atoms with E-state index in [9.17, 15) is 4.39 Å². The molecule has 0 aliphatic rings. The lowest BCUT2D eigenvalue weighted by Gasteiger charge is -2.25. The van der Waals surface area contributed by atoms with Crippen LogP contribution < -0.4 is 4.90 Å². The van der Waals surface area contributed by atoms with Gasteiger partial charge in [0.25, 0.3) is 0 Å². The summed E-state index contributed by atoms with van der Waals surface area (Å²) in [7, 11) is 0. The molecular weight excluding hydrogens is 802 g/mol. The zero-order valence-corrected chi connectivity index (χ0v) is 36.1. The van der Waals surface area contributed by atoms with Crippen LogP contribution in [-0.4, -0.2) is 0 Å². The molecule has 310 valence electrons. The number of hydrogen-bond acceptors (Lipinski definition) is 1. The van der Waals surface area contributed by atoms with Gasteiger partial charge in [-0.3, -0.25) is 0 Å². The summed E-state index contributed by atoms with van der Waals surface area (Å²) in [5.41, 5.74) is 12.6. The highest BCUT2D eigenvalue weighted by Crippen LogP contribution is 2.47. The second-order valence-corrected chi connectivity index (χ2v) is 17.0. The third kappa shape index (κ3) is 7.06. The highest BCUT2D eigenvalue weighted by Gasteiger charge is 2.19. The Balaban J connectivity index is 0.891. The second-order valence-electron chi connectivity index (χ2n) is 17.0. The van der Waals surface area contributed by atoms with E-state index in [1.807, 2.05) is 30.3 Å². The van der Waals surface area contributed by atoms with Gasteiger partial charge in [-0.2, -0.15) is 0 Å². The average molecular weight is 844 g/mol. The molecule has 12 rings (SSSR count). The monoisotopic (exact) mass is 843 g/mol. The van der Waals surface area contributed by atoms with E-state index in [0.717, 1.165) is 28.2 Å². The lowest BCUT2D eigenvalue weighted by molar-refractivity contribution is 0.628. The predicted molar refractivity (Wildman–Crippen MR) is 280 cm³/mol. The van der Waals surface area contributed by atoms with Crippen molar-refractivity contribution in [1.82, 2.24) is 0 Å². The summed E-state index contributed by atoms with van der Waals surface area (Å²) in [6, 6.07) is 85.7. The number of benzene rings is 12. The van der Waals surface area contributed by atoms with E-state index < -0.39 is 0 Å². The molecule has 12 aromatic carbocycles. The molecular formula is C64H42FN. The van der Waals surface area contributed by atoms with Crippen molar-refractivity contribution in [3.05, 3.63) is 260 Å². The maximum absolute atomic E-state index is 13.9. The molecule has 0 amide bonds. The Hall–Kier alpha value is -8.59. The number of hydrogen-bond donors (Lipinski definition) is 0. The minimum atomic E-state index is -0.251. The smallest absolute Gasteiger partial charge is 0.123 e. The molecule has 2 heteroatoms. The van der Waals surface area contributed by atoms with Gasteiger partial charge in [0.05, 0.1) is 0 Å². The van der Waals surface area contributed by atoms with Gasteiger partial charge in [-0.25, -0.2) is 4.39 Å². The maximum atomic E-state index is 13.9. The van der Waals surface area contributed by atoms with Crippen molar-refractivity contribution >= 4 is 83.1 Å². The molecule has 0 aliphatic heterocycles. The number of anilines is 3. The fraction of sp³-hybridized carbons (Fsp3) is 0. The quantitative estimate of drug-likeness (QED) is 0.109. The maximum Gasteiger partial charge on any atom is 0.123 e. The van der Waals surface area contributed by atoms with E-state index in [1.165, 1.54) is 99.4 Å². The Kier molecular flexibility index (Phi) is 9.77. The Morgan fingerprint density at radius 2 is 0.727 bits per heavy atom. The summed E-state index contributed by atoms with van der Waals surface area (Å²) < 4.78 is 13.9. The molecule has 0 heterocycles. The van der Waals surface area contributed by atoms with Gasteiger partial charge >= 0.3 is 0 Å². The third-order valence-corrected chi connectivity index (χ3v) is 13.1. The normalized spacial score (nSPS) is 11.7. The molecule has 0 N–H and O–H groups in total. The van der Waals surface area contributed by atoms with Crippen LogP contribution in [0.3, 0.4) is 0 Å². The van der Waals surface area contributed by atoms with E-state index in [1.54, 1.807) is 0 Å². The summed E-state index contributed by atoms with van der Waals surface area (Å²) in [5.74, 6) is -0.251. The van der Waals surface area contributed by atoms with Crippen molar-refractivity contribution in [2.24, 2.45) is 0 Å². The summed E-state index contributed by atoms with van der Waals surface area (Å²) in [5, 5.41) is 12.3. The Labute approximate surface area is 383 Å². The van der Waals surface area contributed by atoms with Crippen molar-refractivity contribution in [3.8, 4) is 33.4 Å². The topological polar surface area (TPSA) is 3.24 Å². The number of halogens is 1. The predicted octanol–water partition coefficient (Wildman–Crippen LogP) is 18.2. The summed E-state index contributed by atoms with van der Waals surface area (Å²) in [6.45, 7) is 0. The van der Waals surface area contributed by atoms with Crippen molar-refractivity contribution in [3.63, 3.8) is 0 Å². The molecule has 0 bridgehead atoms. The summed E-state index contributed by atoms with van der Waals surface area (Å²) in [6.07, 6.45) is 4.33. The summed E-state index contributed by atoms with van der Waals surface area (Å²) >= 11 is 0. The molecule has 0 aliphatic carbocycles. The Morgan fingerprint density at radius 3 is 1.42 bits per heavy atom. The molecule has 0 unspecified atom stereocenters. The molecule has 66 heavy (non-hydrogen) atoms. The average Bonchev–Trinajstić information content (AvgIpc) is 3.38. The zero-order valence-electron chi connectivity index (χ0n) is 36.1. The van der Waals surface area contributed by atoms with Crippen LogP contribution in [0, 0.1) is 5.82 Å². The van der Waals surface area contributed by atoms with Crippen LogP contribution in [0.15, 0.2) is 243 Å². The van der Waals surface area contributed by atoms with E-state index in [0.29, 0.717) is 0 Å². The molecule has 0 saturated heterocycles. The molecule has 0 aromatic heterocycles.